The molecule has 280 valence electrons. The molecule has 6 heteroatoms. The number of benzene rings is 9. The summed E-state index contributed by atoms with van der Waals surface area (Å²) in [6.45, 7) is 0. The first-order chi connectivity index (χ1) is 29.2. The van der Waals surface area contributed by atoms with Crippen molar-refractivity contribution in [1.29, 1.82) is 0 Å². The second-order valence-corrected chi connectivity index (χ2v) is 16.3. The number of hydrogen-bond donors (Lipinski definition) is 2. The molecule has 9 aromatic carbocycles. The Morgan fingerprint density at radius 2 is 1.15 bits per heavy atom. The number of anilines is 3. The maximum atomic E-state index is 6.95. The average Bonchev–Trinajstić information content (AvgIpc) is 3.86. The molecule has 2 atom stereocenters. The van der Waals surface area contributed by atoms with E-state index in [1.165, 1.54) is 36.3 Å². The molecule has 12 rings (SSSR count). The van der Waals surface area contributed by atoms with E-state index in [0.717, 1.165) is 66.9 Å². The Hall–Kier alpha value is -7.25. The van der Waals surface area contributed by atoms with Crippen LogP contribution in [0.4, 0.5) is 17.1 Å². The van der Waals surface area contributed by atoms with Crippen molar-refractivity contribution in [1.82, 2.24) is 10.6 Å². The zero-order valence-electron chi connectivity index (χ0n) is 31.8. The first-order valence-electron chi connectivity index (χ1n) is 20.0. The maximum absolute atomic E-state index is 6.95. The van der Waals surface area contributed by atoms with Gasteiger partial charge in [-0.25, -0.2) is 4.99 Å². The first-order valence-corrected chi connectivity index (χ1v) is 20.8. The van der Waals surface area contributed by atoms with Gasteiger partial charge in [-0.05, 0) is 81.7 Å². The van der Waals surface area contributed by atoms with Crippen LogP contribution < -0.4 is 15.5 Å². The van der Waals surface area contributed by atoms with Gasteiger partial charge in [0.25, 0.3) is 0 Å². The van der Waals surface area contributed by atoms with Crippen molar-refractivity contribution in [3.8, 4) is 0 Å². The van der Waals surface area contributed by atoms with Gasteiger partial charge < -0.3 is 14.6 Å². The van der Waals surface area contributed by atoms with E-state index in [1.54, 1.807) is 0 Å². The van der Waals surface area contributed by atoms with Crippen LogP contribution in [-0.4, -0.2) is 5.84 Å². The van der Waals surface area contributed by atoms with Crippen LogP contribution in [0.2, 0.25) is 0 Å². The number of nitrogens with zero attached hydrogens (tertiary/aromatic N) is 2. The molecule has 0 amide bonds. The largest absolute Gasteiger partial charge is 0.456 e. The van der Waals surface area contributed by atoms with E-state index in [4.69, 9.17) is 9.41 Å². The quantitative estimate of drug-likeness (QED) is 0.177. The van der Waals surface area contributed by atoms with Gasteiger partial charge in [-0.3, -0.25) is 5.32 Å². The van der Waals surface area contributed by atoms with Crippen LogP contribution in [-0.2, 0) is 0 Å². The van der Waals surface area contributed by atoms with Gasteiger partial charge in [-0.1, -0.05) is 133 Å². The van der Waals surface area contributed by atoms with Crippen LogP contribution >= 0.6 is 11.3 Å². The normalized spacial score (nSPS) is 15.6. The third-order valence-corrected chi connectivity index (χ3v) is 12.8. The standard InChI is InChI=1S/C53H36N4OS/c1-3-14-34(15-4-1)51-54-52(35-16-5-2-6-17-35)56-53(55-51)45-31-41(32-47-50(45)44-28-37-19-9-10-20-38(37)29-46(44)58-47)57(39-24-23-33-13-7-8-18-36(33)27-39)40-25-26-49-43(30-40)42-21-11-12-22-48(42)59-49/h1-32,51,53,55H,(H,54,56). The molecule has 5 nitrogen and oxygen atoms in total. The number of rotatable bonds is 6. The average molecular weight is 777 g/mol. The highest BCUT2D eigenvalue weighted by molar-refractivity contribution is 7.25. The summed E-state index contributed by atoms with van der Waals surface area (Å²) in [5.41, 5.74) is 8.00. The zero-order valence-corrected chi connectivity index (χ0v) is 32.7. The lowest BCUT2D eigenvalue weighted by Gasteiger charge is -2.33. The van der Waals surface area contributed by atoms with Crippen LogP contribution in [0.25, 0.3) is 63.7 Å². The van der Waals surface area contributed by atoms with Crippen molar-refractivity contribution in [2.75, 3.05) is 4.90 Å². The van der Waals surface area contributed by atoms with Crippen LogP contribution in [0, 0.1) is 0 Å². The van der Waals surface area contributed by atoms with E-state index in [1.807, 2.05) is 17.4 Å². The highest BCUT2D eigenvalue weighted by Crippen LogP contribution is 2.45. The molecule has 0 fully saturated rings. The summed E-state index contributed by atoms with van der Waals surface area (Å²) in [6.07, 6.45) is -0.620. The van der Waals surface area contributed by atoms with E-state index in [-0.39, 0.29) is 12.3 Å². The number of aliphatic imine (C=N–C) groups is 1. The molecular formula is C53H36N4OS. The molecule has 3 heterocycles. The van der Waals surface area contributed by atoms with Crippen molar-refractivity contribution in [3.63, 3.8) is 0 Å². The molecule has 1 aliphatic heterocycles. The van der Waals surface area contributed by atoms with E-state index in [2.05, 4.69) is 204 Å². The first kappa shape index (κ1) is 33.8. The molecule has 2 aromatic heterocycles. The molecule has 0 saturated heterocycles. The molecule has 59 heavy (non-hydrogen) atoms. The summed E-state index contributed by atoms with van der Waals surface area (Å²) in [5.74, 6) is 0.834. The number of nitrogens with one attached hydrogen (secondary N) is 2. The summed E-state index contributed by atoms with van der Waals surface area (Å²) in [7, 11) is 0. The van der Waals surface area contributed by atoms with Crippen molar-refractivity contribution >= 4 is 97.9 Å². The van der Waals surface area contributed by atoms with Gasteiger partial charge in [0.2, 0.25) is 0 Å². The second kappa shape index (κ2) is 13.7. The van der Waals surface area contributed by atoms with E-state index < -0.39 is 0 Å². The maximum Gasteiger partial charge on any atom is 0.137 e. The van der Waals surface area contributed by atoms with Gasteiger partial charge >= 0.3 is 0 Å². The smallest absolute Gasteiger partial charge is 0.137 e. The predicted octanol–water partition coefficient (Wildman–Crippen LogP) is 14.1. The number of fused-ring (bicyclic) bond motifs is 8. The minimum atomic E-state index is -0.329. The molecule has 0 aliphatic carbocycles. The van der Waals surface area contributed by atoms with E-state index in [0.29, 0.717) is 0 Å². The number of hydrogen-bond acceptors (Lipinski definition) is 6. The summed E-state index contributed by atoms with van der Waals surface area (Å²) in [4.78, 5) is 7.64. The summed E-state index contributed by atoms with van der Waals surface area (Å²) < 4.78 is 9.51. The Labute approximate surface area is 344 Å². The fourth-order valence-corrected chi connectivity index (χ4v) is 9.94. The summed E-state index contributed by atoms with van der Waals surface area (Å²) in [6, 6.07) is 69.3. The van der Waals surface area contributed by atoms with Gasteiger partial charge in [0, 0.05) is 59.5 Å². The van der Waals surface area contributed by atoms with Crippen LogP contribution in [0.15, 0.2) is 204 Å². The minimum Gasteiger partial charge on any atom is -0.456 e. The zero-order chi connectivity index (χ0) is 38.9. The van der Waals surface area contributed by atoms with Gasteiger partial charge in [0.05, 0.1) is 5.69 Å². The molecule has 0 saturated carbocycles. The highest BCUT2D eigenvalue weighted by Gasteiger charge is 2.30. The summed E-state index contributed by atoms with van der Waals surface area (Å²) >= 11 is 1.84. The topological polar surface area (TPSA) is 52.8 Å². The van der Waals surface area contributed by atoms with Crippen LogP contribution in [0.1, 0.15) is 29.0 Å². The Balaban J connectivity index is 1.12. The molecule has 0 bridgehead atoms. The summed E-state index contributed by atoms with van der Waals surface area (Å²) in [5, 5.41) is 17.1. The fraction of sp³-hybridized carbons (Fsp3) is 0.0377. The Bertz CT molecular complexity index is 3430. The van der Waals surface area contributed by atoms with Gasteiger partial charge in [-0.15, -0.1) is 11.3 Å². The van der Waals surface area contributed by atoms with Crippen molar-refractivity contribution < 1.29 is 4.42 Å². The third-order valence-electron chi connectivity index (χ3n) is 11.7. The monoisotopic (exact) mass is 776 g/mol. The second-order valence-electron chi connectivity index (χ2n) is 15.3. The number of furan rings is 1. The van der Waals surface area contributed by atoms with Gasteiger partial charge in [-0.2, -0.15) is 0 Å². The Morgan fingerprint density at radius 3 is 1.98 bits per heavy atom. The fourth-order valence-electron chi connectivity index (χ4n) is 8.85. The molecule has 1 aliphatic rings. The van der Waals surface area contributed by atoms with Crippen LogP contribution in [0.3, 0.4) is 0 Å². The van der Waals surface area contributed by atoms with Crippen molar-refractivity contribution in [2.45, 2.75) is 12.3 Å². The molecule has 11 aromatic rings. The van der Waals surface area contributed by atoms with E-state index >= 15 is 0 Å². The number of thiophene rings is 1. The highest BCUT2D eigenvalue weighted by atomic mass is 32.1. The Morgan fingerprint density at radius 1 is 0.492 bits per heavy atom. The number of amidine groups is 1. The van der Waals surface area contributed by atoms with Crippen LogP contribution in [0.5, 0.6) is 0 Å². The molecule has 2 unspecified atom stereocenters. The molecule has 0 radical (unpaired) electrons. The van der Waals surface area contributed by atoms with Crippen molar-refractivity contribution in [2.24, 2.45) is 4.99 Å². The third kappa shape index (κ3) is 5.84. The van der Waals surface area contributed by atoms with Crippen molar-refractivity contribution in [3.05, 3.63) is 211 Å². The van der Waals surface area contributed by atoms with E-state index in [9.17, 15) is 0 Å². The minimum absolute atomic E-state index is 0.291. The predicted molar refractivity (Wildman–Crippen MR) is 247 cm³/mol. The van der Waals surface area contributed by atoms with Gasteiger partial charge in [0.1, 0.15) is 29.3 Å². The molecular weight excluding hydrogens is 741 g/mol. The lowest BCUT2D eigenvalue weighted by Crippen LogP contribution is -2.45. The lowest BCUT2D eigenvalue weighted by molar-refractivity contribution is 0.411. The molecule has 0 spiro atoms. The molecule has 2 N–H and O–H groups in total. The van der Waals surface area contributed by atoms with Gasteiger partial charge in [0.15, 0.2) is 0 Å². The SMILES string of the molecule is c1ccc(C2=NC(c3ccccc3)NC(c3cc(N(c4ccc5ccccc5c4)c4ccc5sc6ccccc6c5c4)cc4oc5cc6ccccc6cc5c34)N2)cc1. The Kier molecular flexibility index (Phi) is 7.86. The lowest BCUT2D eigenvalue weighted by atomic mass is 9.98.